The van der Waals surface area contributed by atoms with E-state index in [0.29, 0.717) is 28.5 Å². The van der Waals surface area contributed by atoms with Crippen molar-refractivity contribution >= 4 is 17.4 Å². The molecule has 0 amide bonds. The van der Waals surface area contributed by atoms with Crippen molar-refractivity contribution in [3.8, 4) is 11.8 Å². The Balaban J connectivity index is 2.61. The van der Waals surface area contributed by atoms with Crippen molar-refractivity contribution in [2.45, 2.75) is 20.3 Å². The van der Waals surface area contributed by atoms with E-state index in [2.05, 4.69) is 11.2 Å². The number of rotatable bonds is 2. The van der Waals surface area contributed by atoms with Crippen LogP contribution in [0.25, 0.3) is 5.69 Å². The first-order valence-electron chi connectivity index (χ1n) is 5.62. The number of halogens is 1. The summed E-state index contributed by atoms with van der Waals surface area (Å²) in [6, 6.07) is 7.66. The summed E-state index contributed by atoms with van der Waals surface area (Å²) in [6.45, 7) is 3.87. The maximum Gasteiger partial charge on any atom is 0.145 e. The van der Waals surface area contributed by atoms with Crippen molar-refractivity contribution in [3.63, 3.8) is 0 Å². The summed E-state index contributed by atoms with van der Waals surface area (Å²) in [7, 11) is 0. The molecule has 0 saturated carbocycles. The summed E-state index contributed by atoms with van der Waals surface area (Å²) in [5.41, 5.74) is 8.84. The Labute approximate surface area is 111 Å². The largest absolute Gasteiger partial charge is 0.382 e. The van der Waals surface area contributed by atoms with Crippen LogP contribution in [0.15, 0.2) is 18.2 Å². The van der Waals surface area contributed by atoms with Gasteiger partial charge in [0.05, 0.1) is 11.4 Å². The predicted molar refractivity (Wildman–Crippen MR) is 71.8 cm³/mol. The normalized spacial score (nSPS) is 10.3. The number of nitrogen functional groups attached to an aromatic ring is 1. The van der Waals surface area contributed by atoms with Crippen LogP contribution in [0.2, 0.25) is 5.02 Å². The maximum atomic E-state index is 9.08. The lowest BCUT2D eigenvalue weighted by Gasteiger charge is -2.05. The van der Waals surface area contributed by atoms with Gasteiger partial charge in [0.2, 0.25) is 0 Å². The van der Waals surface area contributed by atoms with Crippen molar-refractivity contribution in [3.05, 3.63) is 40.0 Å². The van der Waals surface area contributed by atoms with Gasteiger partial charge in [-0.1, -0.05) is 24.6 Å². The first-order valence-corrected chi connectivity index (χ1v) is 6.00. The summed E-state index contributed by atoms with van der Waals surface area (Å²) in [4.78, 5) is 0. The molecule has 1 heterocycles. The molecule has 18 heavy (non-hydrogen) atoms. The fraction of sp³-hybridized carbons (Fsp3) is 0.231. The Kier molecular flexibility index (Phi) is 3.26. The number of aryl methyl sites for hydroxylation is 2. The minimum atomic E-state index is 0.356. The summed E-state index contributed by atoms with van der Waals surface area (Å²) in [5, 5.41) is 14.1. The molecule has 5 heteroatoms. The molecule has 0 fully saturated rings. The van der Waals surface area contributed by atoms with Crippen LogP contribution in [0.5, 0.6) is 0 Å². The number of nitriles is 1. The number of hydrogen-bond acceptors (Lipinski definition) is 3. The summed E-state index contributed by atoms with van der Waals surface area (Å²) in [5.74, 6) is 0.356. The number of hydrogen-bond donors (Lipinski definition) is 1. The predicted octanol–water partition coefficient (Wildman–Crippen LogP) is 2.85. The third kappa shape index (κ3) is 1.93. The van der Waals surface area contributed by atoms with Gasteiger partial charge in [-0.15, -0.1) is 0 Å². The van der Waals surface area contributed by atoms with Crippen LogP contribution in [0, 0.1) is 18.3 Å². The van der Waals surface area contributed by atoms with Crippen LogP contribution in [-0.4, -0.2) is 9.78 Å². The Morgan fingerprint density at radius 2 is 2.22 bits per heavy atom. The Morgan fingerprint density at radius 3 is 2.72 bits per heavy atom. The second-order valence-corrected chi connectivity index (χ2v) is 4.42. The topological polar surface area (TPSA) is 67.6 Å². The van der Waals surface area contributed by atoms with Crippen molar-refractivity contribution in [2.24, 2.45) is 0 Å². The standard InChI is InChI=1S/C13H13ClN4/c1-3-12-10(7-15)13(16)18(17-12)9-5-4-8(2)11(14)6-9/h4-6H,3,16H2,1-2H3. The third-order valence-corrected chi connectivity index (χ3v) is 3.25. The van der Waals surface area contributed by atoms with E-state index in [1.807, 2.05) is 26.0 Å². The van der Waals surface area contributed by atoms with Crippen LogP contribution in [0.4, 0.5) is 5.82 Å². The lowest BCUT2D eigenvalue weighted by atomic mass is 10.2. The van der Waals surface area contributed by atoms with Crippen LogP contribution in [-0.2, 0) is 6.42 Å². The van der Waals surface area contributed by atoms with Gasteiger partial charge in [0.25, 0.3) is 0 Å². The summed E-state index contributed by atoms with van der Waals surface area (Å²) < 4.78 is 1.56. The number of aromatic nitrogens is 2. The molecule has 1 aromatic carbocycles. The molecule has 0 atom stereocenters. The zero-order valence-corrected chi connectivity index (χ0v) is 11.0. The van der Waals surface area contributed by atoms with E-state index >= 15 is 0 Å². The van der Waals surface area contributed by atoms with Gasteiger partial charge in [0.15, 0.2) is 0 Å². The average Bonchev–Trinajstić information content (AvgIpc) is 2.69. The van der Waals surface area contributed by atoms with Crippen LogP contribution >= 0.6 is 11.6 Å². The minimum Gasteiger partial charge on any atom is -0.382 e. The number of benzene rings is 1. The minimum absolute atomic E-state index is 0.356. The first-order chi connectivity index (χ1) is 8.58. The Hall–Kier alpha value is -1.99. The molecule has 0 saturated heterocycles. The second kappa shape index (κ2) is 4.71. The zero-order valence-electron chi connectivity index (χ0n) is 10.2. The number of nitrogens with zero attached hydrogens (tertiary/aromatic N) is 3. The molecular formula is C13H13ClN4. The van der Waals surface area contributed by atoms with Crippen LogP contribution in [0.3, 0.4) is 0 Å². The van der Waals surface area contributed by atoms with E-state index in [9.17, 15) is 0 Å². The van der Waals surface area contributed by atoms with Crippen molar-refractivity contribution in [2.75, 3.05) is 5.73 Å². The molecule has 2 N–H and O–H groups in total. The molecule has 4 nitrogen and oxygen atoms in total. The molecule has 2 aromatic rings. The number of anilines is 1. The fourth-order valence-corrected chi connectivity index (χ4v) is 1.93. The van der Waals surface area contributed by atoms with Gasteiger partial charge in [-0.05, 0) is 31.0 Å². The lowest BCUT2D eigenvalue weighted by molar-refractivity contribution is 0.848. The summed E-state index contributed by atoms with van der Waals surface area (Å²) >= 11 is 6.08. The maximum absolute atomic E-state index is 9.08. The lowest BCUT2D eigenvalue weighted by Crippen LogP contribution is -2.02. The van der Waals surface area contributed by atoms with Gasteiger partial charge >= 0.3 is 0 Å². The van der Waals surface area contributed by atoms with Gasteiger partial charge in [0.1, 0.15) is 17.5 Å². The van der Waals surface area contributed by atoms with E-state index in [1.54, 1.807) is 10.7 Å². The fourth-order valence-electron chi connectivity index (χ4n) is 1.76. The van der Waals surface area contributed by atoms with Crippen LogP contribution < -0.4 is 5.73 Å². The average molecular weight is 261 g/mol. The second-order valence-electron chi connectivity index (χ2n) is 4.02. The molecule has 2 rings (SSSR count). The van der Waals surface area contributed by atoms with E-state index < -0.39 is 0 Å². The number of nitrogens with two attached hydrogens (primary N) is 1. The monoisotopic (exact) mass is 260 g/mol. The molecule has 0 radical (unpaired) electrons. The van der Waals surface area contributed by atoms with E-state index in [1.165, 1.54) is 0 Å². The zero-order chi connectivity index (χ0) is 13.3. The Morgan fingerprint density at radius 1 is 1.50 bits per heavy atom. The highest BCUT2D eigenvalue weighted by Gasteiger charge is 2.15. The molecule has 0 unspecified atom stereocenters. The molecule has 1 aromatic heterocycles. The molecule has 0 aliphatic carbocycles. The molecule has 0 aliphatic rings. The highest BCUT2D eigenvalue weighted by Crippen LogP contribution is 2.24. The molecule has 0 aliphatic heterocycles. The van der Waals surface area contributed by atoms with Gasteiger partial charge in [-0.2, -0.15) is 10.4 Å². The van der Waals surface area contributed by atoms with Crippen molar-refractivity contribution < 1.29 is 0 Å². The van der Waals surface area contributed by atoms with E-state index in [0.717, 1.165) is 11.3 Å². The molecule has 92 valence electrons. The highest BCUT2D eigenvalue weighted by molar-refractivity contribution is 6.31. The molecular weight excluding hydrogens is 248 g/mol. The quantitative estimate of drug-likeness (QED) is 0.903. The van der Waals surface area contributed by atoms with E-state index in [-0.39, 0.29) is 0 Å². The smallest absolute Gasteiger partial charge is 0.145 e. The first kappa shape index (κ1) is 12.5. The third-order valence-electron chi connectivity index (χ3n) is 2.84. The van der Waals surface area contributed by atoms with E-state index in [4.69, 9.17) is 22.6 Å². The van der Waals surface area contributed by atoms with Gasteiger partial charge < -0.3 is 5.73 Å². The highest BCUT2D eigenvalue weighted by atomic mass is 35.5. The molecule has 0 bridgehead atoms. The van der Waals surface area contributed by atoms with Crippen molar-refractivity contribution in [1.29, 1.82) is 5.26 Å². The van der Waals surface area contributed by atoms with Crippen LogP contribution in [0.1, 0.15) is 23.7 Å². The SMILES string of the molecule is CCc1nn(-c2ccc(C)c(Cl)c2)c(N)c1C#N. The van der Waals surface area contributed by atoms with Gasteiger partial charge in [0, 0.05) is 5.02 Å². The Bertz CT molecular complexity index is 637. The molecule has 0 spiro atoms. The van der Waals surface area contributed by atoms with Crippen molar-refractivity contribution in [1.82, 2.24) is 9.78 Å². The van der Waals surface area contributed by atoms with Gasteiger partial charge in [-0.3, -0.25) is 0 Å². The summed E-state index contributed by atoms with van der Waals surface area (Å²) in [6.07, 6.45) is 0.666. The van der Waals surface area contributed by atoms with Gasteiger partial charge in [-0.25, -0.2) is 4.68 Å².